The molecule has 2 unspecified atom stereocenters. The van der Waals surface area contributed by atoms with Crippen LogP contribution in [-0.2, 0) is 4.79 Å². The predicted molar refractivity (Wildman–Crippen MR) is 123 cm³/mol. The van der Waals surface area contributed by atoms with Crippen molar-refractivity contribution in [2.75, 3.05) is 25.4 Å². The van der Waals surface area contributed by atoms with Crippen molar-refractivity contribution in [3.63, 3.8) is 0 Å². The van der Waals surface area contributed by atoms with Crippen LogP contribution in [0.4, 0.5) is 0 Å². The minimum Gasteiger partial charge on any atom is -0.342 e. The Morgan fingerprint density at radius 3 is 2.37 bits per heavy atom. The molecular weight excluding hydrogens is 460 g/mol. The maximum atomic E-state index is 13.2. The Morgan fingerprint density at radius 2 is 1.67 bits per heavy atom. The smallest absolute Gasteiger partial charge is 0.254 e. The fourth-order valence-corrected chi connectivity index (χ4v) is 6.62. The van der Waals surface area contributed by atoms with Crippen LogP contribution in [0.1, 0.15) is 41.1 Å². The van der Waals surface area contributed by atoms with E-state index in [2.05, 4.69) is 33.0 Å². The lowest BCUT2D eigenvalue weighted by atomic mass is 10.00. The second-order valence-electron chi connectivity index (χ2n) is 8.44. The number of likely N-dealkylation sites (tertiary alicyclic amines) is 1. The van der Waals surface area contributed by atoms with Gasteiger partial charge in [0.1, 0.15) is 0 Å². The zero-order chi connectivity index (χ0) is 20.7. The Labute approximate surface area is 190 Å². The van der Waals surface area contributed by atoms with Crippen molar-refractivity contribution >= 4 is 39.5 Å². The Balaban J connectivity index is 1.23. The number of hydrogen-bond acceptors (Lipinski definition) is 3. The molecule has 0 aromatic heterocycles. The van der Waals surface area contributed by atoms with E-state index in [-0.39, 0.29) is 16.7 Å². The number of rotatable bonds is 3. The number of carbonyl (C=O) groups is 2. The lowest BCUT2D eigenvalue weighted by Crippen LogP contribution is -2.53. The van der Waals surface area contributed by atoms with E-state index in [9.17, 15) is 9.59 Å². The van der Waals surface area contributed by atoms with Crippen LogP contribution in [0.15, 0.2) is 59.1 Å². The van der Waals surface area contributed by atoms with E-state index in [1.165, 1.54) is 5.56 Å². The molecule has 0 N–H and O–H groups in total. The Hall–Kier alpha value is -1.79. The molecule has 3 fully saturated rings. The molecule has 30 heavy (non-hydrogen) atoms. The van der Waals surface area contributed by atoms with Gasteiger partial charge in [-0.25, -0.2) is 0 Å². The number of halogens is 1. The first kappa shape index (κ1) is 20.1. The number of thioether (sulfide) groups is 1. The minimum absolute atomic E-state index is 0.110. The summed E-state index contributed by atoms with van der Waals surface area (Å²) in [4.78, 5) is 30.2. The van der Waals surface area contributed by atoms with Crippen LogP contribution in [0.5, 0.6) is 0 Å². The van der Waals surface area contributed by atoms with Gasteiger partial charge in [0, 0.05) is 41.3 Å². The van der Waals surface area contributed by atoms with Crippen LogP contribution < -0.4 is 0 Å². The summed E-state index contributed by atoms with van der Waals surface area (Å²) in [6, 6.07) is 18.0. The summed E-state index contributed by atoms with van der Waals surface area (Å²) in [6.45, 7) is 2.27. The second kappa shape index (κ2) is 8.04. The molecule has 4 nitrogen and oxygen atoms in total. The number of carbonyl (C=O) groups excluding carboxylic acids is 2. The number of benzene rings is 2. The molecule has 0 radical (unpaired) electrons. The standard InChI is InChI=1S/C24H25BrN2O2S/c25-19-8-6-18(7-9-19)22(28)27-14-15-30-24(27)10-12-26(13-11-24)23(29)21-16-20(21)17-4-2-1-3-5-17/h1-9,20-21H,10-16H2. The van der Waals surface area contributed by atoms with Gasteiger partial charge < -0.3 is 9.80 Å². The van der Waals surface area contributed by atoms with E-state index in [0.29, 0.717) is 11.8 Å². The highest BCUT2D eigenvalue weighted by Crippen LogP contribution is 2.50. The van der Waals surface area contributed by atoms with E-state index >= 15 is 0 Å². The minimum atomic E-state index is -0.163. The summed E-state index contributed by atoms with van der Waals surface area (Å²) < 4.78 is 0.977. The van der Waals surface area contributed by atoms with Gasteiger partial charge >= 0.3 is 0 Å². The number of nitrogens with zero attached hydrogens (tertiary/aromatic N) is 2. The largest absolute Gasteiger partial charge is 0.342 e. The first-order valence-corrected chi connectivity index (χ1v) is 12.4. The van der Waals surface area contributed by atoms with E-state index in [0.717, 1.165) is 54.7 Å². The van der Waals surface area contributed by atoms with Crippen LogP contribution >= 0.6 is 27.7 Å². The van der Waals surface area contributed by atoms with Gasteiger partial charge in [-0.2, -0.15) is 0 Å². The molecule has 5 rings (SSSR count). The third-order valence-electron chi connectivity index (χ3n) is 6.71. The van der Waals surface area contributed by atoms with E-state index in [4.69, 9.17) is 0 Å². The zero-order valence-corrected chi connectivity index (χ0v) is 19.2. The lowest BCUT2D eigenvalue weighted by Gasteiger charge is -2.44. The summed E-state index contributed by atoms with van der Waals surface area (Å²) in [5.74, 6) is 1.89. The van der Waals surface area contributed by atoms with Gasteiger partial charge in [-0.1, -0.05) is 46.3 Å². The molecule has 2 aromatic carbocycles. The third kappa shape index (κ3) is 3.69. The number of hydrogen-bond donors (Lipinski definition) is 0. The van der Waals surface area contributed by atoms with Crippen LogP contribution in [0.3, 0.4) is 0 Å². The van der Waals surface area contributed by atoms with Crippen LogP contribution in [0, 0.1) is 5.92 Å². The van der Waals surface area contributed by atoms with Crippen molar-refractivity contribution in [1.29, 1.82) is 0 Å². The Kier molecular flexibility index (Phi) is 5.40. The molecule has 156 valence electrons. The average Bonchev–Trinajstić information content (AvgIpc) is 3.49. The van der Waals surface area contributed by atoms with Crippen molar-refractivity contribution < 1.29 is 9.59 Å². The molecule has 2 aliphatic heterocycles. The van der Waals surface area contributed by atoms with Crippen molar-refractivity contribution in [3.05, 3.63) is 70.2 Å². The van der Waals surface area contributed by atoms with Gasteiger partial charge in [0.15, 0.2) is 0 Å². The van der Waals surface area contributed by atoms with Crippen molar-refractivity contribution in [2.45, 2.75) is 30.1 Å². The van der Waals surface area contributed by atoms with Gasteiger partial charge in [0.25, 0.3) is 5.91 Å². The zero-order valence-electron chi connectivity index (χ0n) is 16.8. The summed E-state index contributed by atoms with van der Waals surface area (Å²) in [6.07, 6.45) is 2.68. The Bertz CT molecular complexity index is 941. The van der Waals surface area contributed by atoms with Crippen molar-refractivity contribution in [1.82, 2.24) is 9.80 Å². The normalized spacial score (nSPS) is 24.8. The topological polar surface area (TPSA) is 40.6 Å². The lowest BCUT2D eigenvalue weighted by molar-refractivity contribution is -0.134. The van der Waals surface area contributed by atoms with Crippen LogP contribution in [-0.4, -0.2) is 51.9 Å². The summed E-state index contributed by atoms with van der Waals surface area (Å²) in [5, 5.41) is 0. The van der Waals surface area contributed by atoms with Gasteiger partial charge in [0.05, 0.1) is 4.87 Å². The summed E-state index contributed by atoms with van der Waals surface area (Å²) in [7, 11) is 0. The van der Waals surface area contributed by atoms with Crippen molar-refractivity contribution in [3.8, 4) is 0 Å². The van der Waals surface area contributed by atoms with E-state index < -0.39 is 0 Å². The van der Waals surface area contributed by atoms with Crippen LogP contribution in [0.25, 0.3) is 0 Å². The fourth-order valence-electron chi connectivity index (χ4n) is 4.91. The van der Waals surface area contributed by atoms with Crippen LogP contribution in [0.2, 0.25) is 0 Å². The first-order valence-electron chi connectivity index (χ1n) is 10.6. The highest BCUT2D eigenvalue weighted by Gasteiger charge is 2.50. The van der Waals surface area contributed by atoms with E-state index in [1.807, 2.05) is 59.1 Å². The van der Waals surface area contributed by atoms with Crippen molar-refractivity contribution in [2.24, 2.45) is 5.92 Å². The average molecular weight is 485 g/mol. The SMILES string of the molecule is O=C(C1CC1c1ccccc1)N1CCC2(CC1)SCCN2C(=O)c1ccc(Br)cc1. The maximum absolute atomic E-state index is 13.2. The molecule has 2 saturated heterocycles. The maximum Gasteiger partial charge on any atom is 0.254 e. The predicted octanol–water partition coefficient (Wildman–Crippen LogP) is 4.76. The molecule has 2 aromatic rings. The van der Waals surface area contributed by atoms with Gasteiger partial charge in [-0.3, -0.25) is 9.59 Å². The number of amides is 2. The molecule has 1 aliphatic carbocycles. The molecule has 0 bridgehead atoms. The molecule has 1 spiro atoms. The molecule has 3 aliphatic rings. The highest BCUT2D eigenvalue weighted by molar-refractivity contribution is 9.10. The molecule has 1 saturated carbocycles. The van der Waals surface area contributed by atoms with Gasteiger partial charge in [-0.05, 0) is 55.0 Å². The van der Waals surface area contributed by atoms with Gasteiger partial charge in [0.2, 0.25) is 5.91 Å². The van der Waals surface area contributed by atoms with Gasteiger partial charge in [-0.15, -0.1) is 11.8 Å². The quantitative estimate of drug-likeness (QED) is 0.630. The summed E-state index contributed by atoms with van der Waals surface area (Å²) >= 11 is 5.33. The highest BCUT2D eigenvalue weighted by atomic mass is 79.9. The first-order chi connectivity index (χ1) is 14.6. The fraction of sp³-hybridized carbons (Fsp3) is 0.417. The van der Waals surface area contributed by atoms with E-state index in [1.54, 1.807) is 0 Å². The molecule has 2 amide bonds. The monoisotopic (exact) mass is 484 g/mol. The number of piperidine rings is 1. The molecule has 6 heteroatoms. The Morgan fingerprint density at radius 1 is 0.967 bits per heavy atom. The molecule has 2 heterocycles. The summed E-state index contributed by atoms with van der Waals surface area (Å²) in [5.41, 5.74) is 2.02. The molecule has 2 atom stereocenters. The second-order valence-corrected chi connectivity index (χ2v) is 10.8. The third-order valence-corrected chi connectivity index (χ3v) is 8.79. The molecular formula is C24H25BrN2O2S.